The number of piperazine rings is 1. The highest BCUT2D eigenvalue weighted by Crippen LogP contribution is 2.28. The van der Waals surface area contributed by atoms with E-state index in [0.29, 0.717) is 10.2 Å². The van der Waals surface area contributed by atoms with Gasteiger partial charge >= 0.3 is 6.18 Å². The summed E-state index contributed by atoms with van der Waals surface area (Å²) in [6.07, 6.45) is -3.32. The van der Waals surface area contributed by atoms with Gasteiger partial charge in [-0.15, -0.1) is 5.10 Å². The smallest absolute Gasteiger partial charge is 0.297 e. The molecule has 2 heterocycles. The van der Waals surface area contributed by atoms with Crippen molar-refractivity contribution < 1.29 is 13.2 Å². The zero-order valence-electron chi connectivity index (χ0n) is 17.3. The molecule has 168 valence electrons. The Morgan fingerprint density at radius 2 is 1.50 bits per heavy atom. The number of benzene rings is 2. The average Bonchev–Trinajstić information content (AvgIpc) is 3.11. The molecule has 3 aromatic rings. The second-order valence-electron chi connectivity index (χ2n) is 7.59. The Morgan fingerprint density at radius 3 is 2.12 bits per heavy atom. The van der Waals surface area contributed by atoms with Crippen LogP contribution in [0.5, 0.6) is 0 Å². The van der Waals surface area contributed by atoms with E-state index >= 15 is 0 Å². The Kier molecular flexibility index (Phi) is 6.83. The second-order valence-corrected chi connectivity index (χ2v) is 7.96. The van der Waals surface area contributed by atoms with Crippen molar-refractivity contribution in [2.24, 2.45) is 5.10 Å². The van der Waals surface area contributed by atoms with Crippen LogP contribution in [0, 0.1) is 4.77 Å². The van der Waals surface area contributed by atoms with Gasteiger partial charge in [-0.05, 0) is 23.3 Å². The fraction of sp³-hybridized carbons (Fsp3) is 0.318. The summed E-state index contributed by atoms with van der Waals surface area (Å²) in [6.45, 7) is 4.12. The van der Waals surface area contributed by atoms with Crippen LogP contribution in [-0.2, 0) is 19.4 Å². The van der Waals surface area contributed by atoms with Crippen molar-refractivity contribution in [1.29, 1.82) is 0 Å². The number of nitrogens with zero attached hydrogens (tertiary/aromatic N) is 6. The first-order valence-electron chi connectivity index (χ1n) is 10.3. The van der Waals surface area contributed by atoms with Gasteiger partial charge in [0.25, 0.3) is 5.82 Å². The summed E-state index contributed by atoms with van der Waals surface area (Å²) in [4.78, 5) is 4.38. The molecule has 4 rings (SSSR count). The lowest BCUT2D eigenvalue weighted by Crippen LogP contribution is -2.46. The van der Waals surface area contributed by atoms with Crippen molar-refractivity contribution in [3.63, 3.8) is 0 Å². The summed E-state index contributed by atoms with van der Waals surface area (Å²) < 4.78 is 42.5. The van der Waals surface area contributed by atoms with Gasteiger partial charge in [-0.3, -0.25) is 9.80 Å². The quantitative estimate of drug-likeness (QED) is 0.411. The molecule has 0 radical (unpaired) electrons. The molecule has 1 aliphatic rings. The highest BCUT2D eigenvalue weighted by Gasteiger charge is 2.39. The minimum Gasteiger partial charge on any atom is -0.297 e. The fourth-order valence-electron chi connectivity index (χ4n) is 3.56. The Morgan fingerprint density at radius 1 is 0.906 bits per heavy atom. The van der Waals surface area contributed by atoms with Gasteiger partial charge in [-0.25, -0.2) is 4.68 Å². The van der Waals surface area contributed by atoms with E-state index in [1.54, 1.807) is 24.3 Å². The molecule has 0 saturated carbocycles. The molecule has 1 aliphatic heterocycles. The first kappa shape index (κ1) is 22.4. The third-order valence-electron chi connectivity index (χ3n) is 5.24. The van der Waals surface area contributed by atoms with Crippen LogP contribution in [0.1, 0.15) is 17.0 Å². The molecule has 1 fully saturated rings. The average molecular weight is 461 g/mol. The summed E-state index contributed by atoms with van der Waals surface area (Å²) in [5.74, 6) is -1.13. The maximum atomic E-state index is 13.6. The van der Waals surface area contributed by atoms with Crippen LogP contribution in [0.25, 0.3) is 0 Å². The van der Waals surface area contributed by atoms with Crippen molar-refractivity contribution in [3.05, 3.63) is 82.4 Å². The van der Waals surface area contributed by atoms with Crippen molar-refractivity contribution >= 4 is 18.4 Å². The lowest BCUT2D eigenvalue weighted by molar-refractivity contribution is -0.147. The minimum absolute atomic E-state index is 0.0868. The normalized spacial score (nSPS) is 16.1. The SMILES string of the molecule is FC(F)(F)c1nn(CN2CCN(Cc3ccccc3)CC2)c(=S)n1/N=C/c1ccccc1. The number of hydrogen-bond donors (Lipinski definition) is 0. The van der Waals surface area contributed by atoms with E-state index in [9.17, 15) is 13.2 Å². The van der Waals surface area contributed by atoms with E-state index in [0.717, 1.165) is 32.7 Å². The summed E-state index contributed by atoms with van der Waals surface area (Å²) >= 11 is 5.29. The number of aromatic nitrogens is 3. The topological polar surface area (TPSA) is 41.6 Å². The maximum absolute atomic E-state index is 13.6. The molecule has 10 heteroatoms. The number of hydrogen-bond acceptors (Lipinski definition) is 5. The van der Waals surface area contributed by atoms with E-state index in [1.807, 2.05) is 24.3 Å². The molecule has 0 atom stereocenters. The molecule has 0 bridgehead atoms. The van der Waals surface area contributed by atoms with E-state index in [-0.39, 0.29) is 11.4 Å². The molecular weight excluding hydrogens is 437 g/mol. The largest absolute Gasteiger partial charge is 0.453 e. The Hall–Kier alpha value is -2.82. The molecule has 6 nitrogen and oxygen atoms in total. The van der Waals surface area contributed by atoms with E-state index in [2.05, 4.69) is 32.1 Å². The van der Waals surface area contributed by atoms with Crippen LogP contribution < -0.4 is 0 Å². The predicted molar refractivity (Wildman–Crippen MR) is 119 cm³/mol. The molecular formula is C22H23F3N6S. The minimum atomic E-state index is -4.67. The third-order valence-corrected chi connectivity index (χ3v) is 5.63. The number of alkyl halides is 3. The fourth-order valence-corrected chi connectivity index (χ4v) is 3.79. The van der Waals surface area contributed by atoms with Gasteiger partial charge in [0.15, 0.2) is 0 Å². The first-order chi connectivity index (χ1) is 15.4. The molecule has 0 unspecified atom stereocenters. The third kappa shape index (κ3) is 5.50. The maximum Gasteiger partial charge on any atom is 0.453 e. The molecule has 32 heavy (non-hydrogen) atoms. The van der Waals surface area contributed by atoms with Gasteiger partial charge < -0.3 is 0 Å². The van der Waals surface area contributed by atoms with Crippen LogP contribution in [0.2, 0.25) is 0 Å². The molecule has 2 aromatic carbocycles. The standard InChI is InChI=1S/C22H23F3N6S/c23-22(24,25)20-27-30(21(32)31(20)26-15-18-7-3-1-4-8-18)17-29-13-11-28(12-14-29)16-19-9-5-2-6-10-19/h1-10,15H,11-14,16-17H2/b26-15+. The van der Waals surface area contributed by atoms with Crippen LogP contribution in [0.4, 0.5) is 13.2 Å². The summed E-state index contributed by atoms with van der Waals surface area (Å²) in [7, 11) is 0. The van der Waals surface area contributed by atoms with Gasteiger partial charge in [-0.1, -0.05) is 60.7 Å². The molecule has 0 N–H and O–H groups in total. The van der Waals surface area contributed by atoms with E-state index in [1.165, 1.54) is 16.5 Å². The highest BCUT2D eigenvalue weighted by atomic mass is 32.1. The molecule has 1 saturated heterocycles. The van der Waals surface area contributed by atoms with E-state index in [4.69, 9.17) is 12.2 Å². The lowest BCUT2D eigenvalue weighted by Gasteiger charge is -2.34. The summed E-state index contributed by atoms with van der Waals surface area (Å²) in [6, 6.07) is 19.1. The van der Waals surface area contributed by atoms with Gasteiger partial charge in [0.2, 0.25) is 4.77 Å². The lowest BCUT2D eigenvalue weighted by atomic mass is 10.2. The summed E-state index contributed by atoms with van der Waals surface area (Å²) in [5.41, 5.74) is 1.91. The number of rotatable bonds is 6. The summed E-state index contributed by atoms with van der Waals surface area (Å²) in [5, 5.41) is 7.73. The van der Waals surface area contributed by atoms with Gasteiger partial charge in [-0.2, -0.15) is 22.9 Å². The zero-order chi connectivity index (χ0) is 22.6. The van der Waals surface area contributed by atoms with Crippen molar-refractivity contribution in [2.75, 3.05) is 26.2 Å². The first-order valence-corrected chi connectivity index (χ1v) is 10.7. The van der Waals surface area contributed by atoms with Gasteiger partial charge in [0, 0.05) is 32.7 Å². The van der Waals surface area contributed by atoms with Crippen molar-refractivity contribution in [2.45, 2.75) is 19.4 Å². The van der Waals surface area contributed by atoms with Crippen LogP contribution in [-0.4, -0.2) is 56.7 Å². The number of halogens is 3. The molecule has 1 aromatic heterocycles. The van der Waals surface area contributed by atoms with Crippen molar-refractivity contribution in [3.8, 4) is 0 Å². The van der Waals surface area contributed by atoms with Crippen molar-refractivity contribution in [1.82, 2.24) is 24.3 Å². The molecule has 0 spiro atoms. The van der Waals surface area contributed by atoms with Crippen LogP contribution in [0.3, 0.4) is 0 Å². The zero-order valence-corrected chi connectivity index (χ0v) is 18.1. The highest BCUT2D eigenvalue weighted by molar-refractivity contribution is 7.71. The van der Waals surface area contributed by atoms with Gasteiger partial charge in [0.1, 0.15) is 0 Å². The Bertz CT molecular complexity index is 1100. The second kappa shape index (κ2) is 9.76. The van der Waals surface area contributed by atoms with Gasteiger partial charge in [0.05, 0.1) is 12.9 Å². The Labute approximate surface area is 189 Å². The predicted octanol–water partition coefficient (Wildman–Crippen LogP) is 4.09. The Balaban J connectivity index is 1.45. The van der Waals surface area contributed by atoms with E-state index < -0.39 is 12.0 Å². The molecule has 0 aliphatic carbocycles. The molecule has 0 amide bonds. The van der Waals surface area contributed by atoms with Crippen LogP contribution in [0.15, 0.2) is 65.8 Å². The monoisotopic (exact) mass is 460 g/mol. The van der Waals surface area contributed by atoms with Crippen LogP contribution >= 0.6 is 12.2 Å².